The SMILES string of the molecule is CO[C@H]1C[C@@H](C)C/C(C)=C/[C@@H](C)C(=O)C[C@H](O)[C@@H](C)[C@@H](/C(C)=C/[C@@H]2CC[C@H](Cl)[C@H](OC)C2)OC(=O)[C@@H]2CCCCN2C(=O)C(=O)[C@]2(O)OC1[C@@H](OC)C[C@H]2C. The lowest BCUT2D eigenvalue weighted by Gasteiger charge is -2.47. The predicted octanol–water partition coefficient (Wildman–Crippen LogP) is 5.33. The third kappa shape index (κ3) is 10.9. The Kier molecular flexibility index (Phi) is 16.5. The number of carbonyl (C=O) groups excluding carboxylic acids is 4. The second-order valence-electron chi connectivity index (χ2n) is 16.9. The molecule has 1 saturated carbocycles. The van der Waals surface area contributed by atoms with Crippen molar-refractivity contribution in [2.24, 2.45) is 29.6 Å². The molecule has 14 atom stereocenters. The van der Waals surface area contributed by atoms with Crippen LogP contribution in [-0.2, 0) is 42.9 Å². The van der Waals surface area contributed by atoms with Crippen LogP contribution in [0.25, 0.3) is 0 Å². The molecule has 2 N–H and O–H groups in total. The summed E-state index contributed by atoms with van der Waals surface area (Å²) in [6.07, 6.45) is 4.53. The van der Waals surface area contributed by atoms with Gasteiger partial charge in [0.1, 0.15) is 24.0 Å². The minimum atomic E-state index is -2.49. The molecule has 3 heterocycles. The number of esters is 1. The summed E-state index contributed by atoms with van der Waals surface area (Å²) in [4.78, 5) is 57.4. The van der Waals surface area contributed by atoms with E-state index < -0.39 is 77.8 Å². The number of methoxy groups -OCH3 is 3. The van der Waals surface area contributed by atoms with Crippen LogP contribution >= 0.6 is 11.6 Å². The molecule has 3 fully saturated rings. The number of rotatable bonds is 5. The number of nitrogens with zero attached hydrogens (tertiary/aromatic N) is 1. The van der Waals surface area contributed by atoms with Gasteiger partial charge >= 0.3 is 5.97 Å². The van der Waals surface area contributed by atoms with Crippen LogP contribution in [0.5, 0.6) is 0 Å². The fraction of sp³-hybridized carbons (Fsp3) is 0.810. The number of cyclic esters (lactones) is 1. The summed E-state index contributed by atoms with van der Waals surface area (Å²) >= 11 is 6.51. The third-order valence-corrected chi connectivity index (χ3v) is 13.0. The standard InChI is InChI=1S/C42H66ClNO11/c1-23-16-24(2)18-35(52-8)38-36(53-9)20-27(5)42(50,55-38)39(47)40(48)44-15-11-10-12-31(44)41(49)54-37(28(6)33(46)22-32(45)25(3)17-23)26(4)19-29-13-14-30(43)34(21-29)51-7/h17,19,24-25,27-31,33-38,46,50H,10-16,18,20-22H2,1-9H3/b23-17+,26-19+/t24-,25+,27+,28+,29-,30-,31-,33-,34+,35-,36-,37+,38?,42+/m0/s1. The van der Waals surface area contributed by atoms with E-state index in [9.17, 15) is 29.4 Å². The van der Waals surface area contributed by atoms with Crippen molar-refractivity contribution in [3.63, 3.8) is 0 Å². The number of piperidine rings is 1. The highest BCUT2D eigenvalue weighted by Crippen LogP contribution is 2.39. The fourth-order valence-corrected chi connectivity index (χ4v) is 9.46. The Morgan fingerprint density at radius 2 is 1.58 bits per heavy atom. The molecule has 4 aliphatic rings. The number of aliphatic hydroxyl groups excluding tert-OH is 1. The van der Waals surface area contributed by atoms with Gasteiger partial charge in [-0.05, 0) is 89.0 Å². The molecular weight excluding hydrogens is 730 g/mol. The first-order valence-corrected chi connectivity index (χ1v) is 20.6. The van der Waals surface area contributed by atoms with Crippen molar-refractivity contribution in [1.29, 1.82) is 0 Å². The quantitative estimate of drug-likeness (QED) is 0.161. The Morgan fingerprint density at radius 3 is 2.24 bits per heavy atom. The molecule has 1 amide bonds. The molecule has 1 unspecified atom stereocenters. The van der Waals surface area contributed by atoms with E-state index in [0.29, 0.717) is 37.7 Å². The molecule has 2 saturated heterocycles. The summed E-state index contributed by atoms with van der Waals surface area (Å²) in [5.74, 6) is -7.40. The Balaban J connectivity index is 1.75. The monoisotopic (exact) mass is 795 g/mol. The highest BCUT2D eigenvalue weighted by molar-refractivity contribution is 6.39. The first kappa shape index (κ1) is 45.5. The van der Waals surface area contributed by atoms with E-state index in [0.717, 1.165) is 18.4 Å². The molecule has 2 bridgehead atoms. The van der Waals surface area contributed by atoms with Crippen molar-refractivity contribution >= 4 is 35.0 Å². The van der Waals surface area contributed by atoms with E-state index >= 15 is 0 Å². The second-order valence-corrected chi connectivity index (χ2v) is 17.4. The number of hydrogen-bond donors (Lipinski definition) is 2. The lowest BCUT2D eigenvalue weighted by atomic mass is 9.82. The van der Waals surface area contributed by atoms with Gasteiger partial charge in [-0.1, -0.05) is 45.4 Å². The van der Waals surface area contributed by atoms with Crippen molar-refractivity contribution in [3.05, 3.63) is 23.3 Å². The average Bonchev–Trinajstić information content (AvgIpc) is 3.15. The zero-order valence-electron chi connectivity index (χ0n) is 34.3. The lowest BCUT2D eigenvalue weighted by molar-refractivity contribution is -0.302. The number of ketones is 2. The molecule has 12 nitrogen and oxygen atoms in total. The van der Waals surface area contributed by atoms with Gasteiger partial charge in [-0.25, -0.2) is 4.79 Å². The van der Waals surface area contributed by atoms with Crippen molar-refractivity contribution in [2.45, 2.75) is 160 Å². The maximum Gasteiger partial charge on any atom is 0.329 e. The van der Waals surface area contributed by atoms with Gasteiger partial charge in [-0.3, -0.25) is 14.4 Å². The van der Waals surface area contributed by atoms with E-state index in [1.165, 1.54) is 19.1 Å². The van der Waals surface area contributed by atoms with E-state index in [-0.39, 0.29) is 54.9 Å². The summed E-state index contributed by atoms with van der Waals surface area (Å²) in [7, 11) is 4.70. The number of carbonyl (C=O) groups is 4. The summed E-state index contributed by atoms with van der Waals surface area (Å²) in [6.45, 7) is 11.2. The minimum Gasteiger partial charge on any atom is -0.456 e. The summed E-state index contributed by atoms with van der Waals surface area (Å²) in [6, 6.07) is -1.11. The summed E-state index contributed by atoms with van der Waals surface area (Å²) in [5.41, 5.74) is 1.69. The number of fused-ring (bicyclic) bond motifs is 3. The number of aliphatic hydroxyl groups is 2. The van der Waals surface area contributed by atoms with Crippen LogP contribution in [0.15, 0.2) is 23.3 Å². The molecule has 0 aromatic carbocycles. The van der Waals surface area contributed by atoms with Crippen LogP contribution in [0.4, 0.5) is 0 Å². The number of hydrogen-bond acceptors (Lipinski definition) is 11. The number of allylic oxidation sites excluding steroid dienone is 3. The topological polar surface area (TPSA) is 158 Å². The summed E-state index contributed by atoms with van der Waals surface area (Å²) < 4.78 is 29.8. The highest BCUT2D eigenvalue weighted by atomic mass is 35.5. The van der Waals surface area contributed by atoms with Crippen molar-refractivity contribution in [1.82, 2.24) is 4.90 Å². The van der Waals surface area contributed by atoms with Crippen molar-refractivity contribution in [2.75, 3.05) is 27.9 Å². The van der Waals surface area contributed by atoms with Crippen LogP contribution in [0.2, 0.25) is 0 Å². The summed E-state index contributed by atoms with van der Waals surface area (Å²) in [5, 5.41) is 23.5. The number of ether oxygens (including phenoxy) is 5. The van der Waals surface area contributed by atoms with Gasteiger partial charge in [-0.15, -0.1) is 11.6 Å². The van der Waals surface area contributed by atoms with Crippen molar-refractivity contribution in [3.8, 4) is 0 Å². The number of alkyl halides is 1. The molecule has 0 radical (unpaired) electrons. The van der Waals surface area contributed by atoms with Gasteiger partial charge in [0.25, 0.3) is 11.7 Å². The molecule has 3 aliphatic heterocycles. The normalized spacial score (nSPS) is 42.1. The zero-order valence-corrected chi connectivity index (χ0v) is 35.1. The van der Waals surface area contributed by atoms with Gasteiger partial charge in [0.15, 0.2) is 0 Å². The lowest BCUT2D eigenvalue weighted by Crippen LogP contribution is -2.64. The highest BCUT2D eigenvalue weighted by Gasteiger charge is 2.56. The third-order valence-electron chi connectivity index (χ3n) is 12.6. The van der Waals surface area contributed by atoms with Crippen molar-refractivity contribution < 1.29 is 53.1 Å². The fourth-order valence-electron chi connectivity index (χ4n) is 9.13. The Hall–Kier alpha value is -2.19. The van der Waals surface area contributed by atoms with Crippen LogP contribution in [0.3, 0.4) is 0 Å². The average molecular weight is 796 g/mol. The maximum absolute atomic E-state index is 14.2. The number of halogens is 1. The molecule has 0 aromatic heterocycles. The van der Waals surface area contributed by atoms with E-state index in [2.05, 4.69) is 0 Å². The Bertz CT molecular complexity index is 1420. The van der Waals surface area contributed by atoms with E-state index in [4.69, 9.17) is 35.3 Å². The van der Waals surface area contributed by atoms with E-state index in [1.807, 2.05) is 39.8 Å². The van der Waals surface area contributed by atoms with Crippen LogP contribution in [-0.4, -0.2) is 120 Å². The smallest absolute Gasteiger partial charge is 0.329 e. The zero-order chi connectivity index (χ0) is 40.8. The van der Waals surface area contributed by atoms with Crippen LogP contribution in [0, 0.1) is 29.6 Å². The van der Waals surface area contributed by atoms with Gasteiger partial charge in [-0.2, -0.15) is 0 Å². The maximum atomic E-state index is 14.2. The van der Waals surface area contributed by atoms with Crippen LogP contribution < -0.4 is 0 Å². The largest absolute Gasteiger partial charge is 0.456 e. The Morgan fingerprint density at radius 1 is 0.927 bits per heavy atom. The first-order chi connectivity index (χ1) is 25.9. The molecule has 312 valence electrons. The Labute approximate surface area is 332 Å². The number of Topliss-reactive ketones (excluding diaryl/α,β-unsaturated/α-hetero) is 2. The van der Waals surface area contributed by atoms with Gasteiger partial charge in [0, 0.05) is 52.0 Å². The molecule has 55 heavy (non-hydrogen) atoms. The van der Waals surface area contributed by atoms with Gasteiger partial charge < -0.3 is 38.8 Å². The van der Waals surface area contributed by atoms with Gasteiger partial charge in [0.2, 0.25) is 5.79 Å². The molecule has 1 aliphatic carbocycles. The predicted molar refractivity (Wildman–Crippen MR) is 207 cm³/mol. The first-order valence-electron chi connectivity index (χ1n) is 20.2. The second kappa shape index (κ2) is 20.0. The number of amides is 1. The molecule has 0 aromatic rings. The van der Waals surface area contributed by atoms with Gasteiger partial charge in [0.05, 0.1) is 29.8 Å². The molecular formula is C42H66ClNO11. The van der Waals surface area contributed by atoms with Crippen LogP contribution in [0.1, 0.15) is 106 Å². The minimum absolute atomic E-state index is 0.0422. The molecule has 0 spiro atoms. The molecule has 13 heteroatoms. The molecule has 4 rings (SSSR count). The van der Waals surface area contributed by atoms with E-state index in [1.54, 1.807) is 21.0 Å².